The molecule has 0 radical (unpaired) electrons. The Balaban J connectivity index is 2.00. The van der Waals surface area contributed by atoms with E-state index in [1.807, 2.05) is 35.3 Å². The third kappa shape index (κ3) is 3.19. The van der Waals surface area contributed by atoms with Gasteiger partial charge in [-0.2, -0.15) is 5.10 Å². The summed E-state index contributed by atoms with van der Waals surface area (Å²) >= 11 is 6.18. The molecule has 1 heterocycles. The zero-order chi connectivity index (χ0) is 16.4. The Bertz CT molecular complexity index is 728. The highest BCUT2D eigenvalue weighted by Gasteiger charge is 2.29. The van der Waals surface area contributed by atoms with Crippen LogP contribution in [0.1, 0.15) is 23.6 Å². The van der Waals surface area contributed by atoms with Crippen LogP contribution >= 0.6 is 11.6 Å². The van der Waals surface area contributed by atoms with E-state index in [0.29, 0.717) is 11.6 Å². The number of nitrogens with zero attached hydrogens (tertiary/aromatic N) is 2. The van der Waals surface area contributed by atoms with Gasteiger partial charge in [-0.15, -0.1) is 0 Å². The van der Waals surface area contributed by atoms with Gasteiger partial charge in [-0.25, -0.2) is 0 Å². The minimum Gasteiger partial charge on any atom is -0.497 e. The van der Waals surface area contributed by atoms with Crippen LogP contribution < -0.4 is 15.5 Å². The fourth-order valence-electron chi connectivity index (χ4n) is 2.83. The summed E-state index contributed by atoms with van der Waals surface area (Å²) in [5.74, 6) is 0.845. The summed E-state index contributed by atoms with van der Waals surface area (Å²) < 4.78 is 5.24. The first-order valence-electron chi connectivity index (χ1n) is 7.58. The Morgan fingerprint density at radius 2 is 2.00 bits per heavy atom. The lowest BCUT2D eigenvalue weighted by Crippen LogP contribution is -2.19. The summed E-state index contributed by atoms with van der Waals surface area (Å²) in [5.41, 5.74) is 10.1. The Kier molecular flexibility index (Phi) is 4.55. The molecule has 0 fully saturated rings. The maximum absolute atomic E-state index is 6.18. The van der Waals surface area contributed by atoms with Gasteiger partial charge in [-0.1, -0.05) is 29.8 Å². The average Bonchev–Trinajstić information content (AvgIpc) is 3.01. The van der Waals surface area contributed by atoms with Gasteiger partial charge in [0.2, 0.25) is 0 Å². The summed E-state index contributed by atoms with van der Waals surface area (Å²) in [5, 5.41) is 7.45. The number of ether oxygens (including phenoxy) is 1. The molecule has 23 heavy (non-hydrogen) atoms. The number of anilines is 1. The van der Waals surface area contributed by atoms with E-state index in [-0.39, 0.29) is 6.04 Å². The number of hydrazone groups is 1. The highest BCUT2D eigenvalue weighted by atomic mass is 35.5. The van der Waals surface area contributed by atoms with Gasteiger partial charge in [-0.3, -0.25) is 5.01 Å². The number of methoxy groups -OCH3 is 1. The Morgan fingerprint density at radius 3 is 2.65 bits per heavy atom. The van der Waals surface area contributed by atoms with Gasteiger partial charge in [0.05, 0.1) is 24.6 Å². The maximum atomic E-state index is 6.18. The molecule has 120 valence electrons. The molecule has 2 aromatic rings. The number of aryl methyl sites for hydroxylation is 1. The van der Waals surface area contributed by atoms with Crippen molar-refractivity contribution >= 4 is 23.0 Å². The molecule has 3 rings (SSSR count). The Labute approximate surface area is 141 Å². The molecule has 0 aromatic heterocycles. The summed E-state index contributed by atoms with van der Waals surface area (Å²) in [6.45, 7) is 2.52. The number of rotatable bonds is 4. The largest absolute Gasteiger partial charge is 0.497 e. The topological polar surface area (TPSA) is 50.9 Å². The van der Waals surface area contributed by atoms with E-state index >= 15 is 0 Å². The molecule has 1 atom stereocenters. The molecule has 0 spiro atoms. The minimum absolute atomic E-state index is 0.122. The van der Waals surface area contributed by atoms with Gasteiger partial charge in [0, 0.05) is 18.0 Å². The van der Waals surface area contributed by atoms with Crippen molar-refractivity contribution in [2.75, 3.05) is 18.7 Å². The summed E-state index contributed by atoms with van der Waals surface area (Å²) in [7, 11) is 1.67. The monoisotopic (exact) mass is 329 g/mol. The van der Waals surface area contributed by atoms with Crippen LogP contribution in [0.3, 0.4) is 0 Å². The minimum atomic E-state index is 0.122. The zero-order valence-corrected chi connectivity index (χ0v) is 14.0. The molecule has 1 aliphatic heterocycles. The normalized spacial score (nSPS) is 17.3. The number of nitrogens with two attached hydrogens (primary N) is 1. The van der Waals surface area contributed by atoms with Crippen LogP contribution in [0.5, 0.6) is 5.75 Å². The van der Waals surface area contributed by atoms with Crippen LogP contribution in [0.15, 0.2) is 47.6 Å². The third-order valence-electron chi connectivity index (χ3n) is 4.13. The number of hydrogen-bond acceptors (Lipinski definition) is 4. The number of hydrogen-bond donors (Lipinski definition) is 1. The van der Waals surface area contributed by atoms with Gasteiger partial charge >= 0.3 is 0 Å². The first-order valence-corrected chi connectivity index (χ1v) is 7.96. The molecule has 4 nitrogen and oxygen atoms in total. The molecular formula is C18H20ClN3O. The van der Waals surface area contributed by atoms with Crippen molar-refractivity contribution in [1.82, 2.24) is 0 Å². The van der Waals surface area contributed by atoms with Crippen molar-refractivity contribution in [3.8, 4) is 5.75 Å². The predicted octanol–water partition coefficient (Wildman–Crippen LogP) is 3.92. The number of halogens is 1. The van der Waals surface area contributed by atoms with Crippen LogP contribution in [-0.2, 0) is 0 Å². The molecule has 0 amide bonds. The van der Waals surface area contributed by atoms with E-state index in [1.54, 1.807) is 7.11 Å². The van der Waals surface area contributed by atoms with Crippen LogP contribution in [0.4, 0.5) is 5.69 Å². The summed E-state index contributed by atoms with van der Waals surface area (Å²) in [6.07, 6.45) is 0.814. The lowest BCUT2D eigenvalue weighted by molar-refractivity contribution is 0.414. The molecular weight excluding hydrogens is 310 g/mol. The third-order valence-corrected chi connectivity index (χ3v) is 4.36. The standard InChI is InChI=1S/C18H20ClN3O/c1-12-3-6-14(19)9-17(12)22-18(10-15(11-20)21-22)13-4-7-16(23-2)8-5-13/h3-9,18H,10-11,20H2,1-2H3. The van der Waals surface area contributed by atoms with Crippen LogP contribution in [0, 0.1) is 6.92 Å². The molecule has 0 aliphatic carbocycles. The van der Waals surface area contributed by atoms with E-state index in [4.69, 9.17) is 27.2 Å². The van der Waals surface area contributed by atoms with Gasteiger partial charge in [0.1, 0.15) is 5.75 Å². The second kappa shape index (κ2) is 6.60. The highest BCUT2D eigenvalue weighted by molar-refractivity contribution is 6.30. The van der Waals surface area contributed by atoms with Crippen molar-refractivity contribution in [3.05, 3.63) is 58.6 Å². The maximum Gasteiger partial charge on any atom is 0.118 e. The van der Waals surface area contributed by atoms with E-state index < -0.39 is 0 Å². The molecule has 0 bridgehead atoms. The van der Waals surface area contributed by atoms with E-state index in [1.165, 1.54) is 5.56 Å². The van der Waals surface area contributed by atoms with Crippen LogP contribution in [0.2, 0.25) is 5.02 Å². The Hall–Kier alpha value is -2.04. The zero-order valence-electron chi connectivity index (χ0n) is 13.3. The fraction of sp³-hybridized carbons (Fsp3) is 0.278. The second-order valence-corrected chi connectivity index (χ2v) is 6.08. The molecule has 2 aromatic carbocycles. The Morgan fingerprint density at radius 1 is 1.26 bits per heavy atom. The molecule has 0 saturated carbocycles. The van der Waals surface area contributed by atoms with Crippen LogP contribution in [0.25, 0.3) is 0 Å². The molecule has 2 N–H and O–H groups in total. The second-order valence-electron chi connectivity index (χ2n) is 5.64. The quantitative estimate of drug-likeness (QED) is 0.924. The summed E-state index contributed by atoms with van der Waals surface area (Å²) in [6, 6.07) is 14.1. The van der Waals surface area contributed by atoms with Gasteiger partial charge < -0.3 is 10.5 Å². The van der Waals surface area contributed by atoms with Gasteiger partial charge in [-0.05, 0) is 42.3 Å². The molecule has 0 saturated heterocycles. The predicted molar refractivity (Wildman–Crippen MR) is 95.5 cm³/mol. The lowest BCUT2D eigenvalue weighted by Gasteiger charge is -2.26. The van der Waals surface area contributed by atoms with Crippen molar-refractivity contribution in [1.29, 1.82) is 0 Å². The molecule has 1 aliphatic rings. The van der Waals surface area contributed by atoms with Crippen molar-refractivity contribution < 1.29 is 4.74 Å². The SMILES string of the molecule is COc1ccc(C2CC(CN)=NN2c2cc(Cl)ccc2C)cc1. The molecule has 1 unspecified atom stereocenters. The molecule has 5 heteroatoms. The van der Waals surface area contributed by atoms with E-state index in [2.05, 4.69) is 19.1 Å². The average molecular weight is 330 g/mol. The van der Waals surface area contributed by atoms with Crippen molar-refractivity contribution in [2.45, 2.75) is 19.4 Å². The van der Waals surface area contributed by atoms with Crippen molar-refractivity contribution in [2.24, 2.45) is 10.8 Å². The highest BCUT2D eigenvalue weighted by Crippen LogP contribution is 2.38. The number of benzene rings is 2. The fourth-order valence-corrected chi connectivity index (χ4v) is 3.00. The van der Waals surface area contributed by atoms with Gasteiger partial charge in [0.25, 0.3) is 0 Å². The van der Waals surface area contributed by atoms with E-state index in [9.17, 15) is 0 Å². The summed E-state index contributed by atoms with van der Waals surface area (Å²) in [4.78, 5) is 0. The van der Waals surface area contributed by atoms with Crippen molar-refractivity contribution in [3.63, 3.8) is 0 Å². The first-order chi connectivity index (χ1) is 11.1. The van der Waals surface area contributed by atoms with Gasteiger partial charge in [0.15, 0.2) is 0 Å². The van der Waals surface area contributed by atoms with E-state index in [0.717, 1.165) is 29.1 Å². The lowest BCUT2D eigenvalue weighted by atomic mass is 10.0. The first kappa shape index (κ1) is 15.8. The smallest absolute Gasteiger partial charge is 0.118 e. The van der Waals surface area contributed by atoms with Crippen LogP contribution in [-0.4, -0.2) is 19.4 Å².